The molecule has 0 unspecified atom stereocenters. The van der Waals surface area contributed by atoms with Gasteiger partial charge < -0.3 is 14.6 Å². The van der Waals surface area contributed by atoms with Gasteiger partial charge >= 0.3 is 0 Å². The lowest BCUT2D eigenvalue weighted by Gasteiger charge is -2.31. The van der Waals surface area contributed by atoms with Crippen LogP contribution < -0.4 is 5.32 Å². The molecule has 2 amide bonds. The summed E-state index contributed by atoms with van der Waals surface area (Å²) < 4.78 is 4.94. The summed E-state index contributed by atoms with van der Waals surface area (Å²) in [6.07, 6.45) is 4.31. The molecule has 0 bridgehead atoms. The molecular formula is C17H18N2O3. The number of nitrogens with zero attached hydrogens (tertiary/aromatic N) is 1. The Morgan fingerprint density at radius 1 is 1.09 bits per heavy atom. The fourth-order valence-corrected chi connectivity index (χ4v) is 2.68. The van der Waals surface area contributed by atoms with Gasteiger partial charge in [0.1, 0.15) is 6.26 Å². The molecule has 5 heteroatoms. The van der Waals surface area contributed by atoms with Gasteiger partial charge in [-0.15, -0.1) is 0 Å². The van der Waals surface area contributed by atoms with Crippen LogP contribution in [0.1, 0.15) is 23.2 Å². The molecule has 0 aliphatic carbocycles. The second-order valence-electron chi connectivity index (χ2n) is 5.43. The zero-order valence-corrected chi connectivity index (χ0v) is 12.2. The smallest absolute Gasteiger partial charge is 0.257 e. The van der Waals surface area contributed by atoms with Crippen LogP contribution in [0.5, 0.6) is 0 Å². The quantitative estimate of drug-likeness (QED) is 0.947. The minimum atomic E-state index is -0.0476. The monoisotopic (exact) mass is 298 g/mol. The molecule has 0 spiro atoms. The molecule has 1 saturated heterocycles. The van der Waals surface area contributed by atoms with Crippen LogP contribution in [0.3, 0.4) is 0 Å². The Kier molecular flexibility index (Phi) is 4.23. The van der Waals surface area contributed by atoms with E-state index in [0.29, 0.717) is 31.5 Å². The number of rotatable bonds is 3. The van der Waals surface area contributed by atoms with Crippen LogP contribution in [0.2, 0.25) is 0 Å². The highest BCUT2D eigenvalue weighted by molar-refractivity contribution is 5.95. The molecule has 2 aromatic rings. The molecule has 0 saturated carbocycles. The van der Waals surface area contributed by atoms with Crippen molar-refractivity contribution >= 4 is 17.5 Å². The van der Waals surface area contributed by atoms with E-state index in [0.717, 1.165) is 5.69 Å². The summed E-state index contributed by atoms with van der Waals surface area (Å²) in [4.78, 5) is 26.2. The molecule has 1 aliphatic heterocycles. The average Bonchev–Trinajstić information content (AvgIpc) is 3.10. The van der Waals surface area contributed by atoms with Gasteiger partial charge in [-0.3, -0.25) is 9.59 Å². The van der Waals surface area contributed by atoms with Crippen LogP contribution >= 0.6 is 0 Å². The van der Waals surface area contributed by atoms with Crippen molar-refractivity contribution in [2.24, 2.45) is 5.92 Å². The van der Waals surface area contributed by atoms with Crippen LogP contribution in [0, 0.1) is 5.92 Å². The van der Waals surface area contributed by atoms with E-state index in [1.165, 1.54) is 12.5 Å². The summed E-state index contributed by atoms with van der Waals surface area (Å²) in [6.45, 7) is 1.19. The first-order valence-electron chi connectivity index (χ1n) is 7.41. The first kappa shape index (κ1) is 14.4. The number of amides is 2. The third-order valence-corrected chi connectivity index (χ3v) is 3.96. The van der Waals surface area contributed by atoms with Gasteiger partial charge in [-0.05, 0) is 31.0 Å². The Morgan fingerprint density at radius 3 is 2.45 bits per heavy atom. The average molecular weight is 298 g/mol. The molecule has 0 radical (unpaired) electrons. The molecule has 114 valence electrons. The van der Waals surface area contributed by atoms with E-state index in [1.54, 1.807) is 11.0 Å². The van der Waals surface area contributed by atoms with Crippen LogP contribution in [0.4, 0.5) is 5.69 Å². The highest BCUT2D eigenvalue weighted by Crippen LogP contribution is 2.21. The lowest BCUT2D eigenvalue weighted by Crippen LogP contribution is -2.41. The van der Waals surface area contributed by atoms with Crippen molar-refractivity contribution in [1.29, 1.82) is 0 Å². The topological polar surface area (TPSA) is 62.6 Å². The largest absolute Gasteiger partial charge is 0.472 e. The number of nitrogens with one attached hydrogen (secondary N) is 1. The predicted octanol–water partition coefficient (Wildman–Crippen LogP) is 2.77. The molecule has 3 rings (SSSR count). The number of carbonyl (C=O) groups is 2. The molecule has 1 aromatic heterocycles. The molecule has 1 fully saturated rings. The lowest BCUT2D eigenvalue weighted by molar-refractivity contribution is -0.121. The van der Waals surface area contributed by atoms with Gasteiger partial charge in [0.25, 0.3) is 5.91 Å². The lowest BCUT2D eigenvalue weighted by atomic mass is 9.95. The van der Waals surface area contributed by atoms with Crippen LogP contribution in [-0.2, 0) is 4.79 Å². The Labute approximate surface area is 128 Å². The fraction of sp³-hybridized carbons (Fsp3) is 0.294. The summed E-state index contributed by atoms with van der Waals surface area (Å²) in [5.74, 6) is -0.0501. The summed E-state index contributed by atoms with van der Waals surface area (Å²) in [6, 6.07) is 11.1. The summed E-state index contributed by atoms with van der Waals surface area (Å²) in [7, 11) is 0. The molecule has 1 N–H and O–H groups in total. The number of likely N-dealkylation sites (tertiary alicyclic amines) is 1. The number of carbonyl (C=O) groups excluding carboxylic acids is 2. The third-order valence-electron chi connectivity index (χ3n) is 3.96. The number of para-hydroxylation sites is 1. The first-order chi connectivity index (χ1) is 10.7. The normalized spacial score (nSPS) is 15.5. The van der Waals surface area contributed by atoms with E-state index in [1.807, 2.05) is 30.3 Å². The van der Waals surface area contributed by atoms with Gasteiger partial charge in [-0.25, -0.2) is 0 Å². The van der Waals surface area contributed by atoms with E-state index in [9.17, 15) is 9.59 Å². The molecular weight excluding hydrogens is 280 g/mol. The molecule has 22 heavy (non-hydrogen) atoms. The zero-order chi connectivity index (χ0) is 15.4. The van der Waals surface area contributed by atoms with Crippen molar-refractivity contribution in [3.63, 3.8) is 0 Å². The summed E-state index contributed by atoms with van der Waals surface area (Å²) >= 11 is 0. The van der Waals surface area contributed by atoms with Crippen molar-refractivity contribution in [1.82, 2.24) is 4.90 Å². The van der Waals surface area contributed by atoms with Crippen molar-refractivity contribution in [3.8, 4) is 0 Å². The maximum atomic E-state index is 12.2. The van der Waals surface area contributed by atoms with Gasteiger partial charge in [-0.2, -0.15) is 0 Å². The van der Waals surface area contributed by atoms with E-state index in [-0.39, 0.29) is 17.7 Å². The standard InChI is InChI=1S/C17H18N2O3/c20-16(18-15-4-2-1-3-5-15)13-6-9-19(10-7-13)17(21)14-8-11-22-12-14/h1-5,8,11-13H,6-7,9-10H2,(H,18,20). The second kappa shape index (κ2) is 6.47. The highest BCUT2D eigenvalue weighted by atomic mass is 16.3. The maximum Gasteiger partial charge on any atom is 0.257 e. The highest BCUT2D eigenvalue weighted by Gasteiger charge is 2.28. The molecule has 5 nitrogen and oxygen atoms in total. The fourth-order valence-electron chi connectivity index (χ4n) is 2.68. The summed E-state index contributed by atoms with van der Waals surface area (Å²) in [5, 5.41) is 2.93. The number of piperidine rings is 1. The Bertz CT molecular complexity index is 629. The van der Waals surface area contributed by atoms with Crippen molar-refractivity contribution in [2.75, 3.05) is 18.4 Å². The number of anilines is 1. The number of hydrogen-bond donors (Lipinski definition) is 1. The Balaban J connectivity index is 1.53. The number of benzene rings is 1. The van der Waals surface area contributed by atoms with Gasteiger partial charge in [0.05, 0.1) is 11.8 Å². The van der Waals surface area contributed by atoms with Crippen LogP contribution in [0.25, 0.3) is 0 Å². The van der Waals surface area contributed by atoms with Gasteiger partial charge in [0, 0.05) is 24.7 Å². The van der Waals surface area contributed by atoms with Crippen molar-refractivity contribution < 1.29 is 14.0 Å². The number of furan rings is 1. The van der Waals surface area contributed by atoms with E-state index < -0.39 is 0 Å². The predicted molar refractivity (Wildman–Crippen MR) is 82.4 cm³/mol. The van der Waals surface area contributed by atoms with Crippen LogP contribution in [-0.4, -0.2) is 29.8 Å². The van der Waals surface area contributed by atoms with E-state index in [2.05, 4.69) is 5.32 Å². The van der Waals surface area contributed by atoms with Gasteiger partial charge in [0.2, 0.25) is 5.91 Å². The third kappa shape index (κ3) is 3.19. The maximum absolute atomic E-state index is 12.2. The first-order valence-corrected chi connectivity index (χ1v) is 7.41. The van der Waals surface area contributed by atoms with Gasteiger partial charge in [-0.1, -0.05) is 18.2 Å². The van der Waals surface area contributed by atoms with Crippen molar-refractivity contribution in [2.45, 2.75) is 12.8 Å². The zero-order valence-electron chi connectivity index (χ0n) is 12.2. The second-order valence-corrected chi connectivity index (χ2v) is 5.43. The Morgan fingerprint density at radius 2 is 1.82 bits per heavy atom. The van der Waals surface area contributed by atoms with Crippen LogP contribution in [0.15, 0.2) is 53.3 Å². The van der Waals surface area contributed by atoms with E-state index in [4.69, 9.17) is 4.42 Å². The minimum Gasteiger partial charge on any atom is -0.472 e. The summed E-state index contributed by atoms with van der Waals surface area (Å²) in [5.41, 5.74) is 1.37. The molecule has 0 atom stereocenters. The molecule has 1 aromatic carbocycles. The SMILES string of the molecule is O=C(Nc1ccccc1)C1CCN(C(=O)c2ccoc2)CC1. The van der Waals surface area contributed by atoms with E-state index >= 15 is 0 Å². The number of hydrogen-bond acceptors (Lipinski definition) is 3. The van der Waals surface area contributed by atoms with Crippen molar-refractivity contribution in [3.05, 3.63) is 54.5 Å². The Hall–Kier alpha value is -2.56. The molecule has 2 heterocycles. The molecule has 1 aliphatic rings. The minimum absolute atomic E-state index is 0.0293. The van der Waals surface area contributed by atoms with Gasteiger partial charge in [0.15, 0.2) is 0 Å².